The summed E-state index contributed by atoms with van der Waals surface area (Å²) in [7, 11) is 0. The Hall–Kier alpha value is -1.24. The van der Waals surface area contributed by atoms with E-state index in [0.717, 1.165) is 10.6 Å². The van der Waals surface area contributed by atoms with E-state index in [1.54, 1.807) is 19.1 Å². The zero-order chi connectivity index (χ0) is 12.4. The van der Waals surface area contributed by atoms with Gasteiger partial charge in [-0.2, -0.15) is 0 Å². The summed E-state index contributed by atoms with van der Waals surface area (Å²) >= 11 is 1.48. The van der Waals surface area contributed by atoms with Crippen molar-refractivity contribution in [3.63, 3.8) is 0 Å². The smallest absolute Gasteiger partial charge is 0.240 e. The van der Waals surface area contributed by atoms with Crippen molar-refractivity contribution in [3.05, 3.63) is 18.2 Å². The molecule has 0 saturated carbocycles. The van der Waals surface area contributed by atoms with E-state index in [1.807, 2.05) is 6.07 Å². The van der Waals surface area contributed by atoms with Crippen molar-refractivity contribution in [2.45, 2.75) is 17.9 Å². The van der Waals surface area contributed by atoms with Crippen molar-refractivity contribution in [1.29, 1.82) is 0 Å². The molecule has 0 spiro atoms. The number of amides is 2. The number of anilines is 2. The Bertz CT molecular complexity index is 479. The van der Waals surface area contributed by atoms with Gasteiger partial charge in [-0.25, -0.2) is 0 Å². The Morgan fingerprint density at radius 2 is 2.28 bits per heavy atom. The molecule has 1 aromatic rings. The molecule has 0 bridgehead atoms. The number of benzene rings is 1. The highest BCUT2D eigenvalue weighted by Crippen LogP contribution is 2.33. The summed E-state index contributed by atoms with van der Waals surface area (Å²) in [6.07, 6.45) is 0. The fourth-order valence-corrected chi connectivity index (χ4v) is 2.21. The van der Waals surface area contributed by atoms with Gasteiger partial charge in [-0.3, -0.25) is 9.59 Å². The van der Waals surface area contributed by atoms with E-state index in [1.165, 1.54) is 11.8 Å². The van der Waals surface area contributed by atoms with Crippen LogP contribution in [0.5, 0.6) is 0 Å². The maximum absolute atomic E-state index is 11.4. The molecule has 4 N–H and O–H groups in total. The first kappa shape index (κ1) is 14.8. The third-order valence-corrected chi connectivity index (χ3v) is 3.37. The standard InChI is InChI=1S/C11H13N3O2S.ClH/c1-6(12)11(16)13-7-2-3-9-8(4-7)14-10(15)5-17-9;/h2-4,6H,5,12H2,1H3,(H,13,16)(H,14,15);1H. The van der Waals surface area contributed by atoms with Crippen LogP contribution in [0.3, 0.4) is 0 Å². The molecule has 1 atom stereocenters. The predicted molar refractivity (Wildman–Crippen MR) is 75.3 cm³/mol. The minimum Gasteiger partial charge on any atom is -0.325 e. The number of thioether (sulfide) groups is 1. The van der Waals surface area contributed by atoms with Gasteiger partial charge >= 0.3 is 0 Å². The molecule has 0 aliphatic carbocycles. The van der Waals surface area contributed by atoms with Crippen LogP contribution in [0.4, 0.5) is 11.4 Å². The number of rotatable bonds is 2. The maximum Gasteiger partial charge on any atom is 0.240 e. The van der Waals surface area contributed by atoms with Gasteiger partial charge in [0.05, 0.1) is 17.5 Å². The minimum absolute atomic E-state index is 0. The van der Waals surface area contributed by atoms with Crippen molar-refractivity contribution in [2.24, 2.45) is 5.73 Å². The van der Waals surface area contributed by atoms with Crippen molar-refractivity contribution in [1.82, 2.24) is 0 Å². The van der Waals surface area contributed by atoms with Gasteiger partial charge in [-0.05, 0) is 25.1 Å². The number of carbonyl (C=O) groups is 2. The molecule has 98 valence electrons. The highest BCUT2D eigenvalue weighted by Gasteiger charge is 2.16. The van der Waals surface area contributed by atoms with Crippen molar-refractivity contribution >= 4 is 47.4 Å². The molecule has 1 unspecified atom stereocenters. The predicted octanol–water partition coefficient (Wildman–Crippen LogP) is 1.44. The molecule has 0 fully saturated rings. The molecule has 2 amide bonds. The van der Waals surface area contributed by atoms with Crippen molar-refractivity contribution < 1.29 is 9.59 Å². The van der Waals surface area contributed by atoms with Gasteiger partial charge in [0.2, 0.25) is 11.8 Å². The molecular formula is C11H14ClN3O2S. The fourth-order valence-electron chi connectivity index (χ4n) is 1.42. The zero-order valence-corrected chi connectivity index (χ0v) is 11.4. The normalized spacial score (nSPS) is 14.9. The lowest BCUT2D eigenvalue weighted by molar-refractivity contribution is -0.117. The largest absolute Gasteiger partial charge is 0.325 e. The Kier molecular flexibility index (Phi) is 5.01. The molecule has 0 saturated heterocycles. The molecule has 1 aliphatic rings. The molecule has 7 heteroatoms. The van der Waals surface area contributed by atoms with Gasteiger partial charge in [-0.1, -0.05) is 0 Å². The van der Waals surface area contributed by atoms with E-state index in [9.17, 15) is 9.59 Å². The Labute approximate surface area is 115 Å². The quantitative estimate of drug-likeness (QED) is 0.768. The Morgan fingerprint density at radius 3 is 2.94 bits per heavy atom. The van der Waals surface area contributed by atoms with E-state index in [-0.39, 0.29) is 24.2 Å². The molecule has 0 aromatic heterocycles. The zero-order valence-electron chi connectivity index (χ0n) is 9.73. The lowest BCUT2D eigenvalue weighted by Gasteiger charge is -2.17. The number of hydrogen-bond donors (Lipinski definition) is 3. The van der Waals surface area contributed by atoms with E-state index in [4.69, 9.17) is 5.73 Å². The average Bonchev–Trinajstić information content (AvgIpc) is 2.28. The lowest BCUT2D eigenvalue weighted by atomic mass is 10.2. The van der Waals surface area contributed by atoms with Gasteiger partial charge < -0.3 is 16.4 Å². The van der Waals surface area contributed by atoms with Gasteiger partial charge in [0.1, 0.15) is 0 Å². The molecule has 18 heavy (non-hydrogen) atoms. The van der Waals surface area contributed by atoms with Gasteiger partial charge in [0.15, 0.2) is 0 Å². The number of nitrogens with one attached hydrogen (secondary N) is 2. The second-order valence-corrected chi connectivity index (χ2v) is 4.84. The van der Waals surface area contributed by atoms with Crippen LogP contribution in [0, 0.1) is 0 Å². The Morgan fingerprint density at radius 1 is 1.56 bits per heavy atom. The maximum atomic E-state index is 11.4. The summed E-state index contributed by atoms with van der Waals surface area (Å²) < 4.78 is 0. The molecule has 1 heterocycles. The fraction of sp³-hybridized carbons (Fsp3) is 0.273. The summed E-state index contributed by atoms with van der Waals surface area (Å²) in [5.41, 5.74) is 6.82. The molecule has 5 nitrogen and oxygen atoms in total. The lowest BCUT2D eigenvalue weighted by Crippen LogP contribution is -2.32. The van der Waals surface area contributed by atoms with E-state index < -0.39 is 6.04 Å². The van der Waals surface area contributed by atoms with Crippen LogP contribution in [0.25, 0.3) is 0 Å². The molecular weight excluding hydrogens is 274 g/mol. The van der Waals surface area contributed by atoms with Crippen LogP contribution in [0.1, 0.15) is 6.92 Å². The number of nitrogens with two attached hydrogens (primary N) is 1. The van der Waals surface area contributed by atoms with Gasteiger partial charge in [-0.15, -0.1) is 24.2 Å². The minimum atomic E-state index is -0.560. The van der Waals surface area contributed by atoms with Crippen LogP contribution in [-0.4, -0.2) is 23.6 Å². The van der Waals surface area contributed by atoms with Gasteiger partial charge in [0.25, 0.3) is 0 Å². The van der Waals surface area contributed by atoms with Crippen LogP contribution in [0.2, 0.25) is 0 Å². The average molecular weight is 288 g/mol. The number of halogens is 1. The highest BCUT2D eigenvalue weighted by molar-refractivity contribution is 8.00. The second-order valence-electron chi connectivity index (χ2n) is 3.83. The van der Waals surface area contributed by atoms with Crippen LogP contribution < -0.4 is 16.4 Å². The third kappa shape index (κ3) is 3.38. The molecule has 1 aliphatic heterocycles. The summed E-state index contributed by atoms with van der Waals surface area (Å²) in [5.74, 6) is 0.149. The van der Waals surface area contributed by atoms with E-state index in [2.05, 4.69) is 10.6 Å². The second kappa shape index (κ2) is 6.08. The first-order chi connectivity index (χ1) is 8.06. The van der Waals surface area contributed by atoms with Crippen molar-refractivity contribution in [3.8, 4) is 0 Å². The van der Waals surface area contributed by atoms with Crippen LogP contribution >= 0.6 is 24.2 Å². The Balaban J connectivity index is 0.00000162. The summed E-state index contributed by atoms with van der Waals surface area (Å²) in [6.45, 7) is 1.62. The molecule has 2 rings (SSSR count). The number of carbonyl (C=O) groups excluding carboxylic acids is 2. The van der Waals surface area contributed by atoms with Crippen molar-refractivity contribution in [2.75, 3.05) is 16.4 Å². The number of fused-ring (bicyclic) bond motifs is 1. The SMILES string of the molecule is CC(N)C(=O)Nc1ccc2c(c1)NC(=O)CS2.Cl. The summed E-state index contributed by atoms with van der Waals surface area (Å²) in [6, 6.07) is 4.84. The van der Waals surface area contributed by atoms with E-state index in [0.29, 0.717) is 11.4 Å². The number of hydrogen-bond acceptors (Lipinski definition) is 4. The van der Waals surface area contributed by atoms with Crippen LogP contribution in [-0.2, 0) is 9.59 Å². The first-order valence-electron chi connectivity index (χ1n) is 5.19. The van der Waals surface area contributed by atoms with Crippen LogP contribution in [0.15, 0.2) is 23.1 Å². The highest BCUT2D eigenvalue weighted by atomic mass is 35.5. The topological polar surface area (TPSA) is 84.2 Å². The third-order valence-electron chi connectivity index (χ3n) is 2.29. The summed E-state index contributed by atoms with van der Waals surface area (Å²) in [5, 5.41) is 5.44. The molecule has 0 radical (unpaired) electrons. The van der Waals surface area contributed by atoms with E-state index >= 15 is 0 Å². The first-order valence-corrected chi connectivity index (χ1v) is 6.18. The van der Waals surface area contributed by atoms with Gasteiger partial charge in [0, 0.05) is 10.6 Å². The molecule has 1 aromatic carbocycles. The monoisotopic (exact) mass is 287 g/mol. The summed E-state index contributed by atoms with van der Waals surface area (Å²) in [4.78, 5) is 23.6.